The van der Waals surface area contributed by atoms with E-state index in [1.807, 2.05) is 0 Å². The van der Waals surface area contributed by atoms with Gasteiger partial charge in [-0.05, 0) is 134 Å². The SMILES string of the molecule is C=C(C)C1CCC2(NCCN3CCS(=O)(=O)CC3)CCC3(C)C(CCC4C5(C)CC=C(CCC(C)(C)CC(=O)NC#N)C(C)(C)C5CCC43C)C12. The van der Waals surface area contributed by atoms with Gasteiger partial charge in [0.2, 0.25) is 5.91 Å². The van der Waals surface area contributed by atoms with Crippen LogP contribution in [0.3, 0.4) is 0 Å². The van der Waals surface area contributed by atoms with Gasteiger partial charge in [-0.2, -0.15) is 5.26 Å². The first-order valence-corrected chi connectivity index (χ1v) is 22.3. The van der Waals surface area contributed by atoms with Crippen LogP contribution in [-0.2, 0) is 14.6 Å². The van der Waals surface area contributed by atoms with Crippen molar-refractivity contribution in [2.45, 2.75) is 138 Å². The molecule has 5 aliphatic carbocycles. The van der Waals surface area contributed by atoms with Crippen LogP contribution in [0.15, 0.2) is 23.8 Å². The van der Waals surface area contributed by atoms with Crippen molar-refractivity contribution in [2.75, 3.05) is 37.7 Å². The van der Waals surface area contributed by atoms with Gasteiger partial charge >= 0.3 is 0 Å². The molecule has 1 heterocycles. The first-order chi connectivity index (χ1) is 23.7. The molecule has 1 amide bonds. The van der Waals surface area contributed by atoms with E-state index in [1.165, 1.54) is 56.9 Å². The molecular formula is C43H70N4O3S. The average molecular weight is 723 g/mol. The van der Waals surface area contributed by atoms with Crippen molar-refractivity contribution in [2.24, 2.45) is 56.7 Å². The molecule has 0 spiro atoms. The van der Waals surface area contributed by atoms with Crippen LogP contribution in [0.5, 0.6) is 0 Å². The molecule has 7 nitrogen and oxygen atoms in total. The minimum Gasteiger partial charge on any atom is -0.310 e. The summed E-state index contributed by atoms with van der Waals surface area (Å²) in [7, 11) is -2.86. The molecule has 0 bridgehead atoms. The molecule has 286 valence electrons. The fourth-order valence-corrected chi connectivity index (χ4v) is 15.4. The topological polar surface area (TPSA) is 102 Å². The van der Waals surface area contributed by atoms with E-state index in [9.17, 15) is 13.2 Å². The molecule has 51 heavy (non-hydrogen) atoms. The summed E-state index contributed by atoms with van der Waals surface area (Å²) in [5, 5.41) is 15.4. The summed E-state index contributed by atoms with van der Waals surface area (Å²) in [4.78, 5) is 14.6. The maximum absolute atomic E-state index is 12.2. The Balaban J connectivity index is 1.20. The fraction of sp³-hybridized carbons (Fsp3) is 0.860. The zero-order chi connectivity index (χ0) is 37.3. The largest absolute Gasteiger partial charge is 0.310 e. The van der Waals surface area contributed by atoms with Gasteiger partial charge in [-0.25, -0.2) is 8.42 Å². The maximum atomic E-state index is 12.2. The molecule has 6 rings (SSSR count). The molecule has 8 heteroatoms. The van der Waals surface area contributed by atoms with Crippen LogP contribution in [0.25, 0.3) is 0 Å². The summed E-state index contributed by atoms with van der Waals surface area (Å²) in [6, 6.07) is 0. The summed E-state index contributed by atoms with van der Waals surface area (Å²) in [6.07, 6.45) is 18.2. The number of fused-ring (bicyclic) bond motifs is 7. The molecule has 2 N–H and O–H groups in total. The van der Waals surface area contributed by atoms with Crippen LogP contribution in [0.1, 0.15) is 132 Å². The lowest BCUT2D eigenvalue weighted by Crippen LogP contribution is -2.68. The standard InChI is InChI=1S/C43H70N4O3S/c1-30(2)32-14-19-43(46-22-23-47-24-26-51(49,50)27-25-47)21-20-41(8)33(37(32)43)10-11-35-40(7)17-13-31(12-16-38(3,4)28-36(48)45-29-44)39(5,6)34(40)15-18-42(35,41)9/h13,32-35,37,46H,1,10-12,14-28H2,2-9H3,(H,45,48). The quantitative estimate of drug-likeness (QED) is 0.135. The van der Waals surface area contributed by atoms with Gasteiger partial charge in [0.05, 0.1) is 11.5 Å². The summed E-state index contributed by atoms with van der Waals surface area (Å²) in [6.45, 7) is 27.6. The van der Waals surface area contributed by atoms with Gasteiger partial charge in [0.25, 0.3) is 0 Å². The van der Waals surface area contributed by atoms with E-state index < -0.39 is 9.84 Å². The number of hydrogen-bond acceptors (Lipinski definition) is 6. The van der Waals surface area contributed by atoms with Gasteiger partial charge in [0, 0.05) is 38.1 Å². The van der Waals surface area contributed by atoms with Crippen molar-refractivity contribution in [3.63, 3.8) is 0 Å². The normalized spacial score (nSPS) is 41.5. The summed E-state index contributed by atoms with van der Waals surface area (Å²) >= 11 is 0. The number of rotatable bonds is 10. The van der Waals surface area contributed by atoms with Crippen molar-refractivity contribution >= 4 is 15.7 Å². The number of carbonyl (C=O) groups is 1. The predicted octanol–water partition coefficient (Wildman–Crippen LogP) is 8.05. The highest BCUT2D eigenvalue weighted by Gasteiger charge is 2.70. The highest BCUT2D eigenvalue weighted by atomic mass is 32.2. The molecule has 1 saturated heterocycles. The molecule has 9 unspecified atom stereocenters. The third kappa shape index (κ3) is 6.70. The number of amides is 1. The number of nitrogens with zero attached hydrogens (tertiary/aromatic N) is 2. The van der Waals surface area contributed by atoms with Gasteiger partial charge in [0.15, 0.2) is 16.0 Å². The Kier molecular flexibility index (Phi) is 10.4. The number of carbonyl (C=O) groups excluding carboxylic acids is 1. The number of sulfone groups is 1. The molecule has 0 aromatic carbocycles. The number of nitrogens with one attached hydrogen (secondary N) is 2. The zero-order valence-corrected chi connectivity index (χ0v) is 34.2. The van der Waals surface area contributed by atoms with Gasteiger partial charge in [-0.15, -0.1) is 0 Å². The van der Waals surface area contributed by atoms with Crippen molar-refractivity contribution in [1.29, 1.82) is 5.26 Å². The molecule has 0 radical (unpaired) electrons. The monoisotopic (exact) mass is 723 g/mol. The Morgan fingerprint density at radius 2 is 1.71 bits per heavy atom. The Morgan fingerprint density at radius 1 is 1.00 bits per heavy atom. The van der Waals surface area contributed by atoms with E-state index in [-0.39, 0.29) is 27.7 Å². The van der Waals surface area contributed by atoms with Crippen LogP contribution in [0.4, 0.5) is 0 Å². The number of nitriles is 1. The molecule has 4 saturated carbocycles. The van der Waals surface area contributed by atoms with Crippen molar-refractivity contribution in [1.82, 2.24) is 15.5 Å². The predicted molar refractivity (Wildman–Crippen MR) is 207 cm³/mol. The minimum atomic E-state index is -2.86. The third-order valence-corrected chi connectivity index (χ3v) is 18.7. The van der Waals surface area contributed by atoms with E-state index in [0.29, 0.717) is 71.4 Å². The molecule has 5 fully saturated rings. The van der Waals surface area contributed by atoms with E-state index in [0.717, 1.165) is 32.4 Å². The van der Waals surface area contributed by atoms with E-state index in [2.05, 4.69) is 83.6 Å². The maximum Gasteiger partial charge on any atom is 0.233 e. The lowest BCUT2D eigenvalue weighted by Gasteiger charge is -2.72. The smallest absolute Gasteiger partial charge is 0.233 e. The average Bonchev–Trinajstić information content (AvgIpc) is 3.41. The second-order valence-corrected chi connectivity index (χ2v) is 22.7. The van der Waals surface area contributed by atoms with E-state index in [4.69, 9.17) is 5.26 Å². The van der Waals surface area contributed by atoms with Crippen molar-refractivity contribution in [3.8, 4) is 6.19 Å². The Bertz CT molecular complexity index is 1550. The van der Waals surface area contributed by atoms with Crippen LogP contribution in [-0.4, -0.2) is 62.4 Å². The van der Waals surface area contributed by atoms with Crippen LogP contribution < -0.4 is 10.6 Å². The molecule has 9 atom stereocenters. The minimum absolute atomic E-state index is 0.123. The van der Waals surface area contributed by atoms with Gasteiger partial charge in [-0.3, -0.25) is 10.1 Å². The lowest BCUT2D eigenvalue weighted by molar-refractivity contribution is -0.221. The first-order valence-electron chi connectivity index (χ1n) is 20.4. The fourth-order valence-electron chi connectivity index (χ4n) is 14.1. The lowest BCUT2D eigenvalue weighted by atomic mass is 9.33. The van der Waals surface area contributed by atoms with Gasteiger partial charge < -0.3 is 10.2 Å². The Morgan fingerprint density at radius 3 is 2.37 bits per heavy atom. The van der Waals surface area contributed by atoms with Gasteiger partial charge in [0.1, 0.15) is 0 Å². The van der Waals surface area contributed by atoms with Crippen LogP contribution in [0, 0.1) is 68.1 Å². The second-order valence-electron chi connectivity index (χ2n) is 20.4. The van der Waals surface area contributed by atoms with E-state index >= 15 is 0 Å². The van der Waals surface area contributed by atoms with Crippen LogP contribution in [0.2, 0.25) is 0 Å². The molecule has 0 aromatic rings. The Hall–Kier alpha value is -1.69. The van der Waals surface area contributed by atoms with Crippen molar-refractivity contribution in [3.05, 3.63) is 23.8 Å². The molecule has 0 aromatic heterocycles. The summed E-state index contributed by atoms with van der Waals surface area (Å²) in [5.74, 6) is 3.65. The highest BCUT2D eigenvalue weighted by molar-refractivity contribution is 7.91. The first kappa shape index (κ1) is 39.0. The molecule has 6 aliphatic rings. The highest BCUT2D eigenvalue weighted by Crippen LogP contribution is 2.76. The van der Waals surface area contributed by atoms with E-state index in [1.54, 1.807) is 11.8 Å². The summed E-state index contributed by atoms with van der Waals surface area (Å²) in [5.41, 5.74) is 3.95. The third-order valence-electron chi connectivity index (χ3n) is 17.1. The summed E-state index contributed by atoms with van der Waals surface area (Å²) < 4.78 is 24.1. The van der Waals surface area contributed by atoms with Gasteiger partial charge in [-0.1, -0.05) is 72.3 Å². The molecule has 1 aliphatic heterocycles. The Labute approximate surface area is 311 Å². The second kappa shape index (κ2) is 13.6. The van der Waals surface area contributed by atoms with Crippen LogP contribution >= 0.6 is 0 Å². The number of hydrogen-bond donors (Lipinski definition) is 2. The zero-order valence-electron chi connectivity index (χ0n) is 33.4. The number of allylic oxidation sites excluding steroid dienone is 3. The van der Waals surface area contributed by atoms with Crippen molar-refractivity contribution < 1.29 is 13.2 Å². The molecular weight excluding hydrogens is 653 g/mol.